The number of carbonyl (C=O) groups excluding carboxylic acids is 1. The van der Waals surface area contributed by atoms with Crippen molar-refractivity contribution in [1.29, 1.82) is 0 Å². The highest BCUT2D eigenvalue weighted by Crippen LogP contribution is 2.24. The third-order valence-electron chi connectivity index (χ3n) is 2.42. The Bertz CT molecular complexity index is 558. The van der Waals surface area contributed by atoms with Crippen molar-refractivity contribution in [2.45, 2.75) is 19.9 Å². The monoisotopic (exact) mass is 274 g/mol. The van der Waals surface area contributed by atoms with Crippen molar-refractivity contribution in [3.8, 4) is 0 Å². The van der Waals surface area contributed by atoms with Crippen molar-refractivity contribution in [3.63, 3.8) is 0 Å². The Morgan fingerprint density at radius 2 is 2.00 bits per heavy atom. The Labute approximate surface area is 105 Å². The molecule has 5 nitrogen and oxygen atoms in total. The molecule has 1 aromatic rings. The van der Waals surface area contributed by atoms with E-state index in [0.717, 1.165) is 12.3 Å². The van der Waals surface area contributed by atoms with Gasteiger partial charge in [0.05, 0.1) is 18.0 Å². The molecular formula is C11H15FN2O3S. The van der Waals surface area contributed by atoms with E-state index < -0.39 is 21.9 Å². The molecule has 0 radical (unpaired) electrons. The summed E-state index contributed by atoms with van der Waals surface area (Å²) >= 11 is 0. The zero-order valence-corrected chi connectivity index (χ0v) is 11.1. The lowest BCUT2D eigenvalue weighted by Crippen LogP contribution is -2.18. The molecule has 18 heavy (non-hydrogen) atoms. The van der Waals surface area contributed by atoms with Crippen LogP contribution < -0.4 is 10.0 Å². The number of amides is 1. The van der Waals surface area contributed by atoms with Crippen LogP contribution in [0, 0.1) is 12.7 Å². The summed E-state index contributed by atoms with van der Waals surface area (Å²) < 4.78 is 38.2. The molecule has 100 valence electrons. The number of nitrogens with one attached hydrogen (secondary N) is 2. The topological polar surface area (TPSA) is 75.3 Å². The Balaban J connectivity index is 3.15. The summed E-state index contributed by atoms with van der Waals surface area (Å²) in [7, 11) is -3.45. The highest BCUT2D eigenvalue weighted by atomic mass is 32.2. The summed E-state index contributed by atoms with van der Waals surface area (Å²) in [6.45, 7) is 3.29. The number of hydrogen-bond donors (Lipinski definition) is 2. The minimum Gasteiger partial charge on any atom is -0.352 e. The second-order valence-corrected chi connectivity index (χ2v) is 5.82. The lowest BCUT2D eigenvalue weighted by atomic mass is 10.0. The minimum absolute atomic E-state index is 0.192. The predicted octanol–water partition coefficient (Wildman–Crippen LogP) is 1.31. The van der Waals surface area contributed by atoms with E-state index in [1.807, 2.05) is 0 Å². The lowest BCUT2D eigenvalue weighted by molar-refractivity contribution is -0.110. The maximum atomic E-state index is 13.8. The van der Waals surface area contributed by atoms with Crippen LogP contribution in [-0.2, 0) is 14.8 Å². The van der Waals surface area contributed by atoms with Crippen LogP contribution in [0.5, 0.6) is 0 Å². The average molecular weight is 274 g/mol. The molecule has 0 fully saturated rings. The second kappa shape index (κ2) is 5.34. The molecular weight excluding hydrogens is 259 g/mol. The molecule has 0 aliphatic heterocycles. The fourth-order valence-corrected chi connectivity index (χ4v) is 2.16. The minimum atomic E-state index is -3.45. The Kier molecular flexibility index (Phi) is 4.28. The largest absolute Gasteiger partial charge is 0.352 e. The van der Waals surface area contributed by atoms with Crippen LogP contribution in [-0.4, -0.2) is 21.1 Å². The summed E-state index contributed by atoms with van der Waals surface area (Å²) in [5.41, 5.74) is 1.08. The first kappa shape index (κ1) is 14.4. The third-order valence-corrected chi connectivity index (χ3v) is 3.01. The maximum absolute atomic E-state index is 13.8. The first-order valence-corrected chi connectivity index (χ1v) is 7.11. The van der Waals surface area contributed by atoms with E-state index in [9.17, 15) is 17.6 Å². The quantitative estimate of drug-likeness (QED) is 0.795. The van der Waals surface area contributed by atoms with Gasteiger partial charge in [0.15, 0.2) is 0 Å². The van der Waals surface area contributed by atoms with Gasteiger partial charge in [0.2, 0.25) is 16.4 Å². The zero-order chi connectivity index (χ0) is 13.9. The van der Waals surface area contributed by atoms with Crippen molar-refractivity contribution in [2.75, 3.05) is 11.0 Å². The average Bonchev–Trinajstić information content (AvgIpc) is 2.21. The van der Waals surface area contributed by atoms with Crippen molar-refractivity contribution >= 4 is 22.1 Å². The summed E-state index contributed by atoms with van der Waals surface area (Å²) in [6.07, 6.45) is 1.48. The molecule has 1 atom stereocenters. The standard InChI is InChI=1S/C11H15FN2O3S/c1-7-4-9(8(2)13-6-15)10(12)5-11(7)14-18(3,16)17/h4-6,8,14H,1-3H3,(H,13,15)/t8-/m1/s1. The van der Waals surface area contributed by atoms with Crippen LogP contribution in [0.2, 0.25) is 0 Å². The van der Waals surface area contributed by atoms with Crippen LogP contribution in [0.15, 0.2) is 12.1 Å². The molecule has 0 unspecified atom stereocenters. The molecule has 1 amide bonds. The summed E-state index contributed by atoms with van der Waals surface area (Å²) in [6, 6.07) is 2.13. The van der Waals surface area contributed by atoms with Gasteiger partial charge >= 0.3 is 0 Å². The highest BCUT2D eigenvalue weighted by Gasteiger charge is 2.14. The van der Waals surface area contributed by atoms with Crippen LogP contribution in [0.3, 0.4) is 0 Å². The van der Waals surface area contributed by atoms with Crippen molar-refractivity contribution in [1.82, 2.24) is 5.32 Å². The summed E-state index contributed by atoms with van der Waals surface area (Å²) in [4.78, 5) is 10.3. The smallest absolute Gasteiger partial charge is 0.229 e. The molecule has 7 heteroatoms. The molecule has 2 N–H and O–H groups in total. The normalized spacial score (nSPS) is 12.9. The summed E-state index contributed by atoms with van der Waals surface area (Å²) in [5.74, 6) is -0.575. The molecule has 0 spiro atoms. The van der Waals surface area contributed by atoms with Gasteiger partial charge in [-0.25, -0.2) is 12.8 Å². The number of benzene rings is 1. The van der Waals surface area contributed by atoms with Gasteiger partial charge in [0.1, 0.15) is 5.82 Å². The second-order valence-electron chi connectivity index (χ2n) is 4.07. The molecule has 0 saturated carbocycles. The molecule has 1 rings (SSSR count). The zero-order valence-electron chi connectivity index (χ0n) is 10.3. The first-order valence-electron chi connectivity index (χ1n) is 5.22. The van der Waals surface area contributed by atoms with E-state index in [-0.39, 0.29) is 5.69 Å². The fourth-order valence-electron chi connectivity index (χ4n) is 1.54. The molecule has 0 bridgehead atoms. The molecule has 0 aliphatic carbocycles. The Morgan fingerprint density at radius 3 is 2.50 bits per heavy atom. The van der Waals surface area contributed by atoms with Crippen LogP contribution in [0.1, 0.15) is 24.1 Å². The number of carbonyl (C=O) groups is 1. The van der Waals surface area contributed by atoms with Gasteiger partial charge < -0.3 is 5.32 Å². The number of hydrogen-bond acceptors (Lipinski definition) is 3. The predicted molar refractivity (Wildman–Crippen MR) is 67.2 cm³/mol. The molecule has 1 aromatic carbocycles. The van der Waals surface area contributed by atoms with Crippen LogP contribution in [0.25, 0.3) is 0 Å². The molecule has 0 heterocycles. The van der Waals surface area contributed by atoms with Gasteiger partial charge in [-0.15, -0.1) is 0 Å². The number of sulfonamides is 1. The van der Waals surface area contributed by atoms with E-state index in [1.54, 1.807) is 13.8 Å². The van der Waals surface area contributed by atoms with Gasteiger partial charge in [-0.1, -0.05) is 0 Å². The molecule has 0 aromatic heterocycles. The van der Waals surface area contributed by atoms with E-state index in [1.165, 1.54) is 6.07 Å². The third kappa shape index (κ3) is 3.69. The number of aryl methyl sites for hydroxylation is 1. The van der Waals surface area contributed by atoms with E-state index in [2.05, 4.69) is 10.0 Å². The summed E-state index contributed by atoms with van der Waals surface area (Å²) in [5, 5.41) is 2.44. The van der Waals surface area contributed by atoms with Crippen molar-refractivity contribution in [3.05, 3.63) is 29.1 Å². The SMILES string of the molecule is Cc1cc([C@@H](C)NC=O)c(F)cc1NS(C)(=O)=O. The van der Waals surface area contributed by atoms with E-state index in [4.69, 9.17) is 0 Å². The van der Waals surface area contributed by atoms with E-state index in [0.29, 0.717) is 17.5 Å². The van der Waals surface area contributed by atoms with E-state index >= 15 is 0 Å². The Morgan fingerprint density at radius 1 is 1.39 bits per heavy atom. The molecule has 0 saturated heterocycles. The fraction of sp³-hybridized carbons (Fsp3) is 0.364. The van der Waals surface area contributed by atoms with Gasteiger partial charge in [0, 0.05) is 5.56 Å². The van der Waals surface area contributed by atoms with Crippen LogP contribution in [0.4, 0.5) is 10.1 Å². The van der Waals surface area contributed by atoms with Gasteiger partial charge in [-0.2, -0.15) is 0 Å². The first-order chi connectivity index (χ1) is 8.24. The van der Waals surface area contributed by atoms with Gasteiger partial charge in [-0.3, -0.25) is 9.52 Å². The number of rotatable bonds is 5. The highest BCUT2D eigenvalue weighted by molar-refractivity contribution is 7.92. The van der Waals surface area contributed by atoms with Crippen molar-refractivity contribution < 1.29 is 17.6 Å². The van der Waals surface area contributed by atoms with Crippen molar-refractivity contribution in [2.24, 2.45) is 0 Å². The number of halogens is 1. The maximum Gasteiger partial charge on any atom is 0.229 e. The van der Waals surface area contributed by atoms with Crippen LogP contribution >= 0.6 is 0 Å². The number of anilines is 1. The van der Waals surface area contributed by atoms with Gasteiger partial charge in [0.25, 0.3) is 0 Å². The van der Waals surface area contributed by atoms with Gasteiger partial charge in [-0.05, 0) is 31.5 Å². The Hall–Kier alpha value is -1.63. The lowest BCUT2D eigenvalue weighted by Gasteiger charge is -2.15. The molecule has 0 aliphatic rings.